The number of aliphatic hydroxyl groups is 1. The molecule has 2 aromatic heterocycles. The van der Waals surface area contributed by atoms with E-state index in [1.54, 1.807) is 86.9 Å². The number of carbonyl (C=O) groups is 4. The Labute approximate surface area is 486 Å². The van der Waals surface area contributed by atoms with Gasteiger partial charge in [0.2, 0.25) is 5.60 Å². The van der Waals surface area contributed by atoms with E-state index in [-0.39, 0.29) is 46.5 Å². The maximum absolute atomic E-state index is 13.4. The van der Waals surface area contributed by atoms with E-state index < -0.39 is 52.6 Å². The number of alkyl carbamates (subject to hydrolysis) is 1. The van der Waals surface area contributed by atoms with Crippen LogP contribution >= 0.6 is 58.9 Å². The number of carbonyl (C=O) groups excluding carboxylic acids is 4. The average molecular weight is 1180 g/mol. The van der Waals surface area contributed by atoms with E-state index in [0.717, 1.165) is 33.2 Å². The molecule has 1 unspecified atom stereocenters. The highest BCUT2D eigenvalue weighted by Crippen LogP contribution is 2.27. The van der Waals surface area contributed by atoms with Crippen molar-refractivity contribution in [2.75, 3.05) is 37.6 Å². The Balaban J connectivity index is 1.48. The summed E-state index contributed by atoms with van der Waals surface area (Å²) < 4.78 is 27.2. The summed E-state index contributed by atoms with van der Waals surface area (Å²) >= 11 is 15.4. The highest BCUT2D eigenvalue weighted by molar-refractivity contribution is 7.99. The number of thiocarbonyl (C=S) groups is 2. The monoisotopic (exact) mass is 1180 g/mol. The SMILES string of the molecule is COc1ccc(COC(=O)/C=C(\CCC(/C=C\C=C2/N(C)C=CN2Cc2cc(C(=N)NC(=O)OC(C)(C)C)cs2)CO)CSC[C@@H](C=S)NC(=S)/C(=N\OC(C)(C)C(=O)OC(C)(C)C)c2csc(NC(=O)OC(C)(C)C)n2)cc1. The Morgan fingerprint density at radius 2 is 1.61 bits per heavy atom. The van der Waals surface area contributed by atoms with Crippen LogP contribution in [0.1, 0.15) is 111 Å². The van der Waals surface area contributed by atoms with Gasteiger partial charge in [0.05, 0.1) is 19.7 Å². The number of thiophene rings is 1. The first-order valence-corrected chi connectivity index (χ1v) is 28.9. The van der Waals surface area contributed by atoms with E-state index in [9.17, 15) is 24.3 Å². The number of allylic oxidation sites excluding steroid dienone is 2. The number of nitrogens with zero attached hydrogens (tertiary/aromatic N) is 4. The standard InChI is InChI=1S/C55H74N8O11S5/c1-52(2,3)71-48(66)55(10,11)74-61-45(42-34-79-49(58-42)60-51(68)73-54(7,8)9)47(76)57-39(30-75)33-77-31-37(25-44(65)70-29-36-19-21-40(69-13)22-20-36)18-17-35(28-64)15-14-16-43-62(12)23-24-63(43)27-41-26-38(32-78-41)46(56)59-50(67)72-53(4,5)6/h14-16,19-26,30,32,34-35,39,64H,17-18,27-29,31,33H2,1-13H3,(H,57,76)(H2,56,59,67)(H,58,60,68)/b15-14-,37-25+,43-16+,61-45-/t35?,39-/m1/s1. The number of rotatable bonds is 25. The molecular formula is C55H74N8O11S5. The summed E-state index contributed by atoms with van der Waals surface area (Å²) in [4.78, 5) is 66.8. The second-order valence-electron chi connectivity index (χ2n) is 21.4. The quantitative estimate of drug-likeness (QED) is 0.0101. The Kier molecular flexibility index (Phi) is 24.7. The van der Waals surface area contributed by atoms with Crippen molar-refractivity contribution in [3.05, 3.63) is 111 Å². The zero-order chi connectivity index (χ0) is 58.7. The van der Waals surface area contributed by atoms with Crippen molar-refractivity contribution in [1.29, 1.82) is 5.41 Å². The lowest BCUT2D eigenvalue weighted by molar-refractivity contribution is -0.179. The van der Waals surface area contributed by atoms with Crippen LogP contribution < -0.4 is 20.7 Å². The summed E-state index contributed by atoms with van der Waals surface area (Å²) in [6.07, 6.45) is 10.7. The van der Waals surface area contributed by atoms with Gasteiger partial charge < -0.3 is 48.7 Å². The first kappa shape index (κ1) is 65.3. The number of amidine groups is 1. The van der Waals surface area contributed by atoms with Gasteiger partial charge in [0, 0.05) is 76.1 Å². The highest BCUT2D eigenvalue weighted by atomic mass is 32.2. The molecule has 3 heterocycles. The van der Waals surface area contributed by atoms with Crippen molar-refractivity contribution in [3.63, 3.8) is 0 Å². The number of aromatic nitrogens is 1. The summed E-state index contributed by atoms with van der Waals surface area (Å²) in [5.74, 6) is 0.831. The predicted octanol–water partition coefficient (Wildman–Crippen LogP) is 10.6. The van der Waals surface area contributed by atoms with Crippen LogP contribution in [0.5, 0.6) is 5.75 Å². The first-order valence-electron chi connectivity index (χ1n) is 25.1. The van der Waals surface area contributed by atoms with Gasteiger partial charge in [0.1, 0.15) is 51.5 Å². The molecule has 0 spiro atoms. The number of oxime groups is 1. The van der Waals surface area contributed by atoms with Crippen LogP contribution in [0.15, 0.2) is 94.3 Å². The number of thiazole rings is 1. The number of hydrogen-bond acceptors (Lipinski definition) is 21. The minimum absolute atomic E-state index is 0.0495. The molecule has 0 bridgehead atoms. The van der Waals surface area contributed by atoms with Crippen molar-refractivity contribution < 1.29 is 52.8 Å². The normalized spacial score (nSPS) is 14.6. The molecule has 2 atom stereocenters. The fraction of sp³-hybridized carbons (Fsp3) is 0.473. The van der Waals surface area contributed by atoms with E-state index in [2.05, 4.69) is 31.0 Å². The number of ether oxygens (including phenoxy) is 5. The predicted molar refractivity (Wildman–Crippen MR) is 321 cm³/mol. The van der Waals surface area contributed by atoms with E-state index in [1.807, 2.05) is 66.2 Å². The van der Waals surface area contributed by atoms with Gasteiger partial charge in [-0.15, -0.1) is 22.7 Å². The van der Waals surface area contributed by atoms with Crippen molar-refractivity contribution >= 4 is 110 Å². The number of benzene rings is 1. The largest absolute Gasteiger partial charge is 0.497 e. The van der Waals surface area contributed by atoms with Gasteiger partial charge in [0.15, 0.2) is 10.8 Å². The molecule has 1 aliphatic heterocycles. The molecule has 4 rings (SSSR count). The minimum atomic E-state index is -1.54. The van der Waals surface area contributed by atoms with Crippen molar-refractivity contribution in [3.8, 4) is 5.75 Å². The molecule has 24 heteroatoms. The van der Waals surface area contributed by atoms with Crippen molar-refractivity contribution in [2.45, 2.75) is 131 Å². The smallest absolute Gasteiger partial charge is 0.413 e. The van der Waals surface area contributed by atoms with Crippen LogP contribution in [0.2, 0.25) is 0 Å². The van der Waals surface area contributed by atoms with Crippen LogP contribution in [0, 0.1) is 11.3 Å². The molecule has 0 radical (unpaired) electrons. The molecule has 430 valence electrons. The average Bonchev–Trinajstić information content (AvgIpc) is 4.14. The molecule has 5 N–H and O–H groups in total. The third-order valence-corrected chi connectivity index (χ3v) is 14.0. The topological polar surface area (TPSA) is 236 Å². The molecular weight excluding hydrogens is 1110 g/mol. The number of nitrogens with one attached hydrogen (secondary N) is 4. The van der Waals surface area contributed by atoms with Gasteiger partial charge in [-0.25, -0.2) is 24.2 Å². The number of aliphatic hydroxyl groups excluding tert-OH is 1. The lowest BCUT2D eigenvalue weighted by Crippen LogP contribution is -2.42. The van der Waals surface area contributed by atoms with Crippen LogP contribution in [0.3, 0.4) is 0 Å². The molecule has 0 saturated heterocycles. The molecule has 19 nitrogen and oxygen atoms in total. The van der Waals surface area contributed by atoms with Crippen LogP contribution in [0.4, 0.5) is 14.7 Å². The Bertz CT molecular complexity index is 2760. The van der Waals surface area contributed by atoms with Crippen molar-refractivity contribution in [2.24, 2.45) is 11.1 Å². The lowest BCUT2D eigenvalue weighted by atomic mass is 10.00. The van der Waals surface area contributed by atoms with Gasteiger partial charge >= 0.3 is 24.1 Å². The maximum Gasteiger partial charge on any atom is 0.413 e. The van der Waals surface area contributed by atoms with Gasteiger partial charge in [-0.1, -0.05) is 59.4 Å². The fourth-order valence-electron chi connectivity index (χ4n) is 6.61. The summed E-state index contributed by atoms with van der Waals surface area (Å²) in [6, 6.07) is 8.56. The molecule has 0 saturated carbocycles. The van der Waals surface area contributed by atoms with E-state index >= 15 is 0 Å². The van der Waals surface area contributed by atoms with Crippen molar-refractivity contribution in [1.82, 2.24) is 25.4 Å². The zero-order valence-electron chi connectivity index (χ0n) is 47.0. The summed E-state index contributed by atoms with van der Waals surface area (Å²) in [5, 5.41) is 36.7. The third kappa shape index (κ3) is 23.6. The molecule has 1 aliphatic rings. The number of anilines is 1. The van der Waals surface area contributed by atoms with E-state index in [1.165, 1.54) is 48.4 Å². The minimum Gasteiger partial charge on any atom is -0.497 e. The molecule has 3 aromatic rings. The highest BCUT2D eigenvalue weighted by Gasteiger charge is 2.36. The first-order chi connectivity index (χ1) is 37.0. The molecule has 0 aliphatic carbocycles. The van der Waals surface area contributed by atoms with Gasteiger partial charge in [-0.2, -0.15) is 11.8 Å². The third-order valence-electron chi connectivity index (χ3n) is 10.5. The molecule has 1 aromatic carbocycles. The van der Waals surface area contributed by atoms with E-state index in [4.69, 9.17) is 58.4 Å². The number of methoxy groups -OCH3 is 1. The number of esters is 2. The number of thioether (sulfide) groups is 1. The number of hydrogen-bond donors (Lipinski definition) is 5. The maximum atomic E-state index is 13.4. The summed E-state index contributed by atoms with van der Waals surface area (Å²) in [6.45, 7) is 19.2. The van der Waals surface area contributed by atoms with Gasteiger partial charge in [-0.3, -0.25) is 16.0 Å². The summed E-state index contributed by atoms with van der Waals surface area (Å²) in [5.41, 5.74) is -1.36. The van der Waals surface area contributed by atoms with Crippen LogP contribution in [0.25, 0.3) is 0 Å². The second-order valence-corrected chi connectivity index (χ2v) is 25.0. The Morgan fingerprint density at radius 3 is 2.24 bits per heavy atom. The zero-order valence-corrected chi connectivity index (χ0v) is 51.1. The van der Waals surface area contributed by atoms with Gasteiger partial charge in [0.25, 0.3) is 0 Å². The molecule has 79 heavy (non-hydrogen) atoms. The molecule has 0 fully saturated rings. The van der Waals surface area contributed by atoms with Gasteiger partial charge in [-0.05, 0) is 119 Å². The molecule has 2 amide bonds. The Morgan fingerprint density at radius 1 is 0.937 bits per heavy atom. The fourth-order valence-corrected chi connectivity index (χ4v) is 9.79. The van der Waals surface area contributed by atoms with E-state index in [0.29, 0.717) is 42.2 Å². The van der Waals surface area contributed by atoms with Crippen LogP contribution in [-0.2, 0) is 46.5 Å². The van der Waals surface area contributed by atoms with Crippen LogP contribution in [-0.4, -0.2) is 127 Å². The lowest BCUT2D eigenvalue weighted by Gasteiger charge is -2.27. The number of amides is 2. The second kappa shape index (κ2) is 29.9. The Hall–Kier alpha value is -6.18. The summed E-state index contributed by atoms with van der Waals surface area (Å²) in [7, 11) is 3.51.